The zero-order valence-electron chi connectivity index (χ0n) is 11.5. The SMILES string of the molecule is O=C(Nc1ccc(N2CCCC2)nc1)C(=O)c1ccc[nH]1. The number of pyridine rings is 1. The molecule has 1 amide bonds. The highest BCUT2D eigenvalue weighted by molar-refractivity contribution is 6.46. The van der Waals surface area contributed by atoms with Gasteiger partial charge in [0.2, 0.25) is 0 Å². The number of carbonyl (C=O) groups excluding carboxylic acids is 2. The van der Waals surface area contributed by atoms with E-state index in [9.17, 15) is 9.59 Å². The molecule has 3 heterocycles. The monoisotopic (exact) mass is 284 g/mol. The first kappa shape index (κ1) is 13.4. The number of anilines is 2. The lowest BCUT2D eigenvalue weighted by atomic mass is 10.2. The molecule has 0 radical (unpaired) electrons. The highest BCUT2D eigenvalue weighted by atomic mass is 16.2. The first-order chi connectivity index (χ1) is 10.2. The molecule has 1 fully saturated rings. The first-order valence-corrected chi connectivity index (χ1v) is 6.94. The molecule has 6 heteroatoms. The maximum atomic E-state index is 11.8. The lowest BCUT2D eigenvalue weighted by Gasteiger charge is -2.16. The highest BCUT2D eigenvalue weighted by Crippen LogP contribution is 2.19. The predicted molar refractivity (Wildman–Crippen MR) is 79.4 cm³/mol. The second kappa shape index (κ2) is 5.78. The van der Waals surface area contributed by atoms with Gasteiger partial charge >= 0.3 is 0 Å². The summed E-state index contributed by atoms with van der Waals surface area (Å²) in [6, 6.07) is 6.87. The summed E-state index contributed by atoms with van der Waals surface area (Å²) in [6.07, 6.45) is 5.55. The van der Waals surface area contributed by atoms with Crippen LogP contribution >= 0.6 is 0 Å². The highest BCUT2D eigenvalue weighted by Gasteiger charge is 2.17. The fourth-order valence-corrected chi connectivity index (χ4v) is 2.38. The molecule has 1 saturated heterocycles. The minimum absolute atomic E-state index is 0.272. The summed E-state index contributed by atoms with van der Waals surface area (Å²) >= 11 is 0. The third-order valence-corrected chi connectivity index (χ3v) is 3.48. The van der Waals surface area contributed by atoms with Gasteiger partial charge in [0.05, 0.1) is 17.6 Å². The Bertz CT molecular complexity index is 628. The molecular formula is C15H16N4O2. The Balaban J connectivity index is 1.65. The lowest BCUT2D eigenvalue weighted by Crippen LogP contribution is -2.23. The first-order valence-electron chi connectivity index (χ1n) is 6.94. The number of aromatic amines is 1. The molecule has 0 aliphatic carbocycles. The average molecular weight is 284 g/mol. The van der Waals surface area contributed by atoms with Crippen LogP contribution in [0.1, 0.15) is 23.3 Å². The van der Waals surface area contributed by atoms with E-state index in [1.807, 2.05) is 6.07 Å². The van der Waals surface area contributed by atoms with Crippen LogP contribution in [0.15, 0.2) is 36.7 Å². The summed E-state index contributed by atoms with van der Waals surface area (Å²) in [5, 5.41) is 2.56. The average Bonchev–Trinajstić information content (AvgIpc) is 3.20. The summed E-state index contributed by atoms with van der Waals surface area (Å²) in [7, 11) is 0. The van der Waals surface area contributed by atoms with E-state index >= 15 is 0 Å². The predicted octanol–water partition coefficient (Wildman–Crippen LogP) is 1.83. The van der Waals surface area contributed by atoms with E-state index in [0.717, 1.165) is 18.9 Å². The number of H-pyrrole nitrogens is 1. The molecule has 3 rings (SSSR count). The van der Waals surface area contributed by atoms with Crippen LogP contribution in [0.5, 0.6) is 0 Å². The summed E-state index contributed by atoms with van der Waals surface area (Å²) in [5.41, 5.74) is 0.789. The minimum atomic E-state index is -0.673. The van der Waals surface area contributed by atoms with Gasteiger partial charge in [-0.2, -0.15) is 0 Å². The number of nitrogens with zero attached hydrogens (tertiary/aromatic N) is 2. The van der Waals surface area contributed by atoms with Gasteiger partial charge in [-0.15, -0.1) is 0 Å². The maximum absolute atomic E-state index is 11.8. The Morgan fingerprint density at radius 1 is 1.19 bits per heavy atom. The molecule has 0 spiro atoms. The maximum Gasteiger partial charge on any atom is 0.298 e. The van der Waals surface area contributed by atoms with Crippen LogP contribution in [0, 0.1) is 0 Å². The van der Waals surface area contributed by atoms with Crippen molar-refractivity contribution in [3.05, 3.63) is 42.4 Å². The van der Waals surface area contributed by atoms with Crippen LogP contribution in [0.2, 0.25) is 0 Å². The van der Waals surface area contributed by atoms with Gasteiger partial charge in [-0.1, -0.05) is 0 Å². The minimum Gasteiger partial charge on any atom is -0.358 e. The Labute approximate surface area is 122 Å². The summed E-state index contributed by atoms with van der Waals surface area (Å²) in [5.74, 6) is -0.363. The van der Waals surface area contributed by atoms with Gasteiger partial charge in [0, 0.05) is 19.3 Å². The number of nitrogens with one attached hydrogen (secondary N) is 2. The van der Waals surface area contributed by atoms with E-state index in [4.69, 9.17) is 0 Å². The number of hydrogen-bond donors (Lipinski definition) is 2. The topological polar surface area (TPSA) is 78.1 Å². The zero-order valence-corrected chi connectivity index (χ0v) is 11.5. The zero-order chi connectivity index (χ0) is 14.7. The molecule has 1 aliphatic heterocycles. The molecular weight excluding hydrogens is 268 g/mol. The second-order valence-corrected chi connectivity index (χ2v) is 4.97. The Morgan fingerprint density at radius 2 is 2.00 bits per heavy atom. The molecule has 2 aromatic rings. The van der Waals surface area contributed by atoms with E-state index in [1.54, 1.807) is 30.6 Å². The molecule has 108 valence electrons. The largest absolute Gasteiger partial charge is 0.358 e. The molecule has 0 unspecified atom stereocenters. The van der Waals surface area contributed by atoms with Gasteiger partial charge in [0.25, 0.3) is 11.7 Å². The van der Waals surface area contributed by atoms with Crippen molar-refractivity contribution in [2.45, 2.75) is 12.8 Å². The third-order valence-electron chi connectivity index (χ3n) is 3.48. The van der Waals surface area contributed by atoms with Crippen molar-refractivity contribution < 1.29 is 9.59 Å². The van der Waals surface area contributed by atoms with Gasteiger partial charge < -0.3 is 15.2 Å². The van der Waals surface area contributed by atoms with Gasteiger partial charge in [-0.05, 0) is 37.1 Å². The smallest absolute Gasteiger partial charge is 0.298 e. The van der Waals surface area contributed by atoms with E-state index < -0.39 is 11.7 Å². The molecule has 0 atom stereocenters. The molecule has 2 N–H and O–H groups in total. The van der Waals surface area contributed by atoms with Crippen LogP contribution in [0.25, 0.3) is 0 Å². The number of aromatic nitrogens is 2. The fraction of sp³-hybridized carbons (Fsp3) is 0.267. The Kier molecular flexibility index (Phi) is 3.68. The van der Waals surface area contributed by atoms with E-state index in [2.05, 4.69) is 20.2 Å². The summed E-state index contributed by atoms with van der Waals surface area (Å²) in [4.78, 5) is 32.9. The Morgan fingerprint density at radius 3 is 2.62 bits per heavy atom. The van der Waals surface area contributed by atoms with Crippen molar-refractivity contribution in [3.63, 3.8) is 0 Å². The van der Waals surface area contributed by atoms with Gasteiger partial charge in [-0.3, -0.25) is 9.59 Å². The van der Waals surface area contributed by atoms with Crippen molar-refractivity contribution in [3.8, 4) is 0 Å². The quantitative estimate of drug-likeness (QED) is 0.663. The van der Waals surface area contributed by atoms with Crippen molar-refractivity contribution >= 4 is 23.2 Å². The van der Waals surface area contributed by atoms with E-state index in [0.29, 0.717) is 5.69 Å². The van der Waals surface area contributed by atoms with Crippen LogP contribution < -0.4 is 10.2 Å². The van der Waals surface area contributed by atoms with Crippen LogP contribution in [0.4, 0.5) is 11.5 Å². The molecule has 0 aromatic carbocycles. The lowest BCUT2D eigenvalue weighted by molar-refractivity contribution is -0.112. The van der Waals surface area contributed by atoms with Gasteiger partial charge in [0.1, 0.15) is 5.82 Å². The molecule has 1 aliphatic rings. The number of carbonyl (C=O) groups is 2. The van der Waals surface area contributed by atoms with E-state index in [1.165, 1.54) is 12.8 Å². The normalized spacial score (nSPS) is 14.2. The number of Topliss-reactive ketones (excluding diaryl/α,β-unsaturated/α-hetero) is 1. The van der Waals surface area contributed by atoms with Crippen molar-refractivity contribution in [1.29, 1.82) is 0 Å². The summed E-state index contributed by atoms with van der Waals surface area (Å²) < 4.78 is 0. The van der Waals surface area contributed by atoms with Gasteiger partial charge in [0.15, 0.2) is 0 Å². The number of rotatable bonds is 4. The second-order valence-electron chi connectivity index (χ2n) is 4.97. The van der Waals surface area contributed by atoms with Crippen molar-refractivity contribution in [1.82, 2.24) is 9.97 Å². The van der Waals surface area contributed by atoms with Crippen molar-refractivity contribution in [2.24, 2.45) is 0 Å². The molecule has 21 heavy (non-hydrogen) atoms. The summed E-state index contributed by atoms with van der Waals surface area (Å²) in [6.45, 7) is 2.04. The number of hydrogen-bond acceptors (Lipinski definition) is 4. The van der Waals surface area contributed by atoms with E-state index in [-0.39, 0.29) is 5.69 Å². The third kappa shape index (κ3) is 2.94. The van der Waals surface area contributed by atoms with Crippen molar-refractivity contribution in [2.75, 3.05) is 23.3 Å². The standard InChI is InChI=1S/C15H16N4O2/c20-14(12-4-3-7-16-12)15(21)18-11-5-6-13(17-10-11)19-8-1-2-9-19/h3-7,10,16H,1-2,8-9H2,(H,18,21). The van der Waals surface area contributed by atoms with Crippen LogP contribution in [-0.4, -0.2) is 34.7 Å². The van der Waals surface area contributed by atoms with Crippen LogP contribution in [0.3, 0.4) is 0 Å². The Hall–Kier alpha value is -2.63. The molecule has 2 aromatic heterocycles. The molecule has 0 bridgehead atoms. The molecule has 0 saturated carbocycles. The number of ketones is 1. The molecule has 6 nitrogen and oxygen atoms in total. The van der Waals surface area contributed by atoms with Gasteiger partial charge in [-0.25, -0.2) is 4.98 Å². The van der Waals surface area contributed by atoms with Crippen LogP contribution in [-0.2, 0) is 4.79 Å². The fourth-order valence-electron chi connectivity index (χ4n) is 2.38. The number of amides is 1.